The first-order valence-corrected chi connectivity index (χ1v) is 9.85. The van der Waals surface area contributed by atoms with Crippen molar-refractivity contribution in [3.63, 3.8) is 0 Å². The van der Waals surface area contributed by atoms with Crippen LogP contribution >= 0.6 is 0 Å². The van der Waals surface area contributed by atoms with Gasteiger partial charge >= 0.3 is 6.36 Å². The highest BCUT2D eigenvalue weighted by molar-refractivity contribution is 5.98. The number of fused-ring (bicyclic) bond motifs is 1. The standard InChI is InChI=1S/C22H20F3N5O4/c1-21(11-26,28-19(32)13-4-7-15(8-5-13)34-22(23,24)25)12-30-20(33-3)16-9-6-14(18(31)27-2)10-17(16)29-30/h4-10H,12H2,1-3H3,(H,27,31)(H,28,32). The summed E-state index contributed by atoms with van der Waals surface area (Å²) in [6, 6.07) is 11.2. The Morgan fingerprint density at radius 1 is 1.12 bits per heavy atom. The van der Waals surface area contributed by atoms with Crippen molar-refractivity contribution in [1.82, 2.24) is 20.4 Å². The van der Waals surface area contributed by atoms with Crippen molar-refractivity contribution in [2.24, 2.45) is 0 Å². The van der Waals surface area contributed by atoms with Gasteiger partial charge in [0.05, 0.1) is 30.6 Å². The Bertz CT molecular complexity index is 1260. The van der Waals surface area contributed by atoms with Crippen LogP contribution in [0.25, 0.3) is 10.9 Å². The third kappa shape index (κ3) is 5.37. The molecule has 2 aromatic carbocycles. The van der Waals surface area contributed by atoms with Gasteiger partial charge < -0.3 is 20.1 Å². The Morgan fingerprint density at radius 3 is 2.32 bits per heavy atom. The van der Waals surface area contributed by atoms with E-state index in [1.165, 1.54) is 25.8 Å². The third-order valence-electron chi connectivity index (χ3n) is 4.83. The summed E-state index contributed by atoms with van der Waals surface area (Å²) >= 11 is 0. The summed E-state index contributed by atoms with van der Waals surface area (Å²) in [7, 11) is 2.93. The fraction of sp³-hybridized carbons (Fsp3) is 0.273. The van der Waals surface area contributed by atoms with Gasteiger partial charge in [0, 0.05) is 18.2 Å². The molecule has 34 heavy (non-hydrogen) atoms. The SMILES string of the molecule is CNC(=O)c1ccc2c(OC)n(CC(C)(C#N)NC(=O)c3ccc(OC(F)(F)F)cc3)nc2c1. The summed E-state index contributed by atoms with van der Waals surface area (Å²) in [5.74, 6) is -1.13. The maximum absolute atomic E-state index is 12.7. The van der Waals surface area contributed by atoms with Crippen LogP contribution in [0.3, 0.4) is 0 Å². The van der Waals surface area contributed by atoms with Crippen LogP contribution in [0.5, 0.6) is 11.6 Å². The second kappa shape index (κ2) is 9.30. The zero-order valence-corrected chi connectivity index (χ0v) is 18.4. The Kier molecular flexibility index (Phi) is 6.67. The predicted molar refractivity (Wildman–Crippen MR) is 114 cm³/mol. The zero-order valence-electron chi connectivity index (χ0n) is 18.4. The first-order valence-electron chi connectivity index (χ1n) is 9.85. The number of hydrogen-bond donors (Lipinski definition) is 2. The number of nitrogens with zero attached hydrogens (tertiary/aromatic N) is 3. The first kappa shape index (κ1) is 24.4. The van der Waals surface area contributed by atoms with Gasteiger partial charge in [-0.3, -0.25) is 9.59 Å². The highest BCUT2D eigenvalue weighted by Gasteiger charge is 2.32. The molecule has 9 nitrogen and oxygen atoms in total. The number of hydrogen-bond acceptors (Lipinski definition) is 6. The molecule has 0 radical (unpaired) electrons. The molecular weight excluding hydrogens is 455 g/mol. The number of methoxy groups -OCH3 is 1. The highest BCUT2D eigenvalue weighted by Crippen LogP contribution is 2.28. The number of amides is 2. The van der Waals surface area contributed by atoms with Gasteiger partial charge in [0.1, 0.15) is 11.3 Å². The van der Waals surface area contributed by atoms with Crippen LogP contribution in [-0.4, -0.2) is 47.7 Å². The molecule has 2 amide bonds. The number of nitrogens with one attached hydrogen (secondary N) is 2. The van der Waals surface area contributed by atoms with E-state index in [-0.39, 0.29) is 18.0 Å². The molecule has 2 N–H and O–H groups in total. The summed E-state index contributed by atoms with van der Waals surface area (Å²) in [5.41, 5.74) is -0.595. The van der Waals surface area contributed by atoms with E-state index in [0.29, 0.717) is 22.3 Å². The van der Waals surface area contributed by atoms with Crippen molar-refractivity contribution < 1.29 is 32.2 Å². The highest BCUT2D eigenvalue weighted by atomic mass is 19.4. The monoisotopic (exact) mass is 475 g/mol. The van der Waals surface area contributed by atoms with Crippen LogP contribution in [0.4, 0.5) is 13.2 Å². The normalized spacial score (nSPS) is 13.0. The van der Waals surface area contributed by atoms with Crippen LogP contribution in [0.2, 0.25) is 0 Å². The quantitative estimate of drug-likeness (QED) is 0.542. The maximum Gasteiger partial charge on any atom is 0.573 e. The Hall–Kier alpha value is -4.27. The van der Waals surface area contributed by atoms with Crippen LogP contribution in [0, 0.1) is 11.3 Å². The molecular formula is C22H20F3N5O4. The van der Waals surface area contributed by atoms with Gasteiger partial charge in [0.2, 0.25) is 5.88 Å². The topological polar surface area (TPSA) is 118 Å². The Balaban J connectivity index is 1.83. The smallest absolute Gasteiger partial charge is 0.481 e. The summed E-state index contributed by atoms with van der Waals surface area (Å²) in [6.07, 6.45) is -4.85. The molecule has 1 aromatic heterocycles. The van der Waals surface area contributed by atoms with E-state index in [9.17, 15) is 28.0 Å². The second-order valence-corrected chi connectivity index (χ2v) is 7.45. The molecule has 3 aromatic rings. The number of ether oxygens (including phenoxy) is 2. The van der Waals surface area contributed by atoms with Gasteiger partial charge in [0.15, 0.2) is 0 Å². The van der Waals surface area contributed by atoms with Gasteiger partial charge in [-0.05, 0) is 49.4 Å². The van der Waals surface area contributed by atoms with E-state index in [4.69, 9.17) is 4.74 Å². The van der Waals surface area contributed by atoms with Gasteiger partial charge in [-0.2, -0.15) is 10.4 Å². The third-order valence-corrected chi connectivity index (χ3v) is 4.83. The molecule has 0 spiro atoms. The van der Waals surface area contributed by atoms with Crippen LogP contribution in [0.1, 0.15) is 27.6 Å². The van der Waals surface area contributed by atoms with Crippen LogP contribution < -0.4 is 20.1 Å². The van der Waals surface area contributed by atoms with Crippen molar-refractivity contribution >= 4 is 22.7 Å². The van der Waals surface area contributed by atoms with E-state index in [2.05, 4.69) is 20.5 Å². The van der Waals surface area contributed by atoms with E-state index in [1.54, 1.807) is 18.2 Å². The molecule has 178 valence electrons. The number of nitriles is 1. The number of alkyl halides is 3. The fourth-order valence-corrected chi connectivity index (χ4v) is 3.25. The first-order chi connectivity index (χ1) is 16.0. The van der Waals surface area contributed by atoms with Crippen molar-refractivity contribution in [2.75, 3.05) is 14.2 Å². The molecule has 0 aliphatic rings. The molecule has 0 aliphatic carbocycles. The number of benzene rings is 2. The Morgan fingerprint density at radius 2 is 1.76 bits per heavy atom. The van der Waals surface area contributed by atoms with Crippen molar-refractivity contribution in [1.29, 1.82) is 5.26 Å². The summed E-state index contributed by atoms with van der Waals surface area (Å²) in [6.45, 7) is 1.35. The average molecular weight is 475 g/mol. The summed E-state index contributed by atoms with van der Waals surface area (Å²) in [5, 5.41) is 19.8. The van der Waals surface area contributed by atoms with E-state index < -0.39 is 23.6 Å². The molecule has 0 saturated carbocycles. The van der Waals surface area contributed by atoms with Gasteiger partial charge in [-0.1, -0.05) is 0 Å². The fourth-order valence-electron chi connectivity index (χ4n) is 3.25. The van der Waals surface area contributed by atoms with Crippen molar-refractivity contribution in [3.8, 4) is 17.7 Å². The van der Waals surface area contributed by atoms with Gasteiger partial charge in [-0.15, -0.1) is 13.2 Å². The average Bonchev–Trinajstić information content (AvgIpc) is 3.13. The van der Waals surface area contributed by atoms with Gasteiger partial charge in [-0.25, -0.2) is 4.68 Å². The molecule has 12 heteroatoms. The number of halogens is 3. The maximum atomic E-state index is 12.7. The van der Waals surface area contributed by atoms with Crippen molar-refractivity contribution in [2.45, 2.75) is 25.4 Å². The number of aromatic nitrogens is 2. The molecule has 1 unspecified atom stereocenters. The molecule has 0 aliphatic heterocycles. The molecule has 3 rings (SSSR count). The minimum absolute atomic E-state index is 0.0313. The molecule has 0 saturated heterocycles. The van der Waals surface area contributed by atoms with E-state index in [0.717, 1.165) is 24.3 Å². The minimum Gasteiger partial charge on any atom is -0.481 e. The Labute approximate surface area is 192 Å². The predicted octanol–water partition coefficient (Wildman–Crippen LogP) is 3.02. The van der Waals surface area contributed by atoms with E-state index in [1.807, 2.05) is 6.07 Å². The molecule has 0 bridgehead atoms. The molecule has 0 fully saturated rings. The van der Waals surface area contributed by atoms with E-state index >= 15 is 0 Å². The number of rotatable bonds is 7. The lowest BCUT2D eigenvalue weighted by molar-refractivity contribution is -0.274. The lowest BCUT2D eigenvalue weighted by Gasteiger charge is -2.24. The molecule has 1 heterocycles. The zero-order chi connectivity index (χ0) is 25.1. The van der Waals surface area contributed by atoms with Crippen molar-refractivity contribution in [3.05, 3.63) is 53.6 Å². The molecule has 1 atom stereocenters. The number of carbonyl (C=O) groups excluding carboxylic acids is 2. The lowest BCUT2D eigenvalue weighted by atomic mass is 10.0. The summed E-state index contributed by atoms with van der Waals surface area (Å²) in [4.78, 5) is 24.6. The minimum atomic E-state index is -4.85. The number of carbonyl (C=O) groups is 2. The summed E-state index contributed by atoms with van der Waals surface area (Å²) < 4.78 is 47.6. The lowest BCUT2D eigenvalue weighted by Crippen LogP contribution is -2.48. The van der Waals surface area contributed by atoms with Crippen LogP contribution in [0.15, 0.2) is 42.5 Å². The largest absolute Gasteiger partial charge is 0.573 e. The van der Waals surface area contributed by atoms with Gasteiger partial charge in [0.25, 0.3) is 11.8 Å². The van der Waals surface area contributed by atoms with Crippen LogP contribution in [-0.2, 0) is 6.54 Å². The second-order valence-electron chi connectivity index (χ2n) is 7.45.